The lowest BCUT2D eigenvalue weighted by Crippen LogP contribution is -2.33. The lowest BCUT2D eigenvalue weighted by molar-refractivity contribution is -0.137. The first kappa shape index (κ1) is 21.7. The second-order valence-electron chi connectivity index (χ2n) is 7.53. The van der Waals surface area contributed by atoms with Crippen molar-refractivity contribution in [2.24, 2.45) is 0 Å². The zero-order chi connectivity index (χ0) is 21.9. The van der Waals surface area contributed by atoms with E-state index in [1.807, 2.05) is 37.3 Å². The fourth-order valence-corrected chi connectivity index (χ4v) is 3.67. The van der Waals surface area contributed by atoms with Crippen molar-refractivity contribution < 1.29 is 18.0 Å². The molecule has 0 bridgehead atoms. The SMILES string of the molecule is Cc1cc(C(=O)NC(C)CCc2ccccc2)c(C)n1-c1ccccc1C(F)(F)F. The molecule has 3 aromatic rings. The van der Waals surface area contributed by atoms with Crippen LogP contribution in [0.5, 0.6) is 0 Å². The van der Waals surface area contributed by atoms with Gasteiger partial charge >= 0.3 is 6.18 Å². The molecule has 158 valence electrons. The molecule has 1 N–H and O–H groups in total. The first-order valence-electron chi connectivity index (χ1n) is 9.89. The third-order valence-electron chi connectivity index (χ3n) is 5.21. The topological polar surface area (TPSA) is 34.0 Å². The van der Waals surface area contributed by atoms with Gasteiger partial charge in [-0.05, 0) is 57.4 Å². The predicted molar refractivity (Wildman–Crippen MR) is 112 cm³/mol. The molecule has 1 atom stereocenters. The maximum Gasteiger partial charge on any atom is 0.418 e. The summed E-state index contributed by atoms with van der Waals surface area (Å²) in [6.07, 6.45) is -2.88. The van der Waals surface area contributed by atoms with Gasteiger partial charge in [-0.3, -0.25) is 4.79 Å². The largest absolute Gasteiger partial charge is 0.418 e. The van der Waals surface area contributed by atoms with Crippen LogP contribution in [0.4, 0.5) is 13.2 Å². The number of carbonyl (C=O) groups excluding carboxylic acids is 1. The van der Waals surface area contributed by atoms with Gasteiger partial charge in [0.05, 0.1) is 16.8 Å². The molecule has 1 amide bonds. The minimum Gasteiger partial charge on any atom is -0.350 e. The van der Waals surface area contributed by atoms with E-state index in [0.29, 0.717) is 17.0 Å². The summed E-state index contributed by atoms with van der Waals surface area (Å²) < 4.78 is 41.9. The Morgan fingerprint density at radius 2 is 1.67 bits per heavy atom. The van der Waals surface area contributed by atoms with E-state index in [0.717, 1.165) is 18.9 Å². The number of aromatic nitrogens is 1. The van der Waals surface area contributed by atoms with Crippen molar-refractivity contribution in [1.82, 2.24) is 9.88 Å². The second-order valence-corrected chi connectivity index (χ2v) is 7.53. The molecule has 0 aliphatic heterocycles. The number of rotatable bonds is 6. The van der Waals surface area contributed by atoms with Gasteiger partial charge in [-0.1, -0.05) is 42.5 Å². The van der Waals surface area contributed by atoms with Gasteiger partial charge in [-0.15, -0.1) is 0 Å². The summed E-state index contributed by atoms with van der Waals surface area (Å²) in [6.45, 7) is 5.30. The summed E-state index contributed by atoms with van der Waals surface area (Å²) in [5, 5.41) is 2.97. The number of carbonyl (C=O) groups is 1. The lowest BCUT2D eigenvalue weighted by Gasteiger charge is -2.17. The monoisotopic (exact) mass is 414 g/mol. The van der Waals surface area contributed by atoms with E-state index in [2.05, 4.69) is 5.32 Å². The zero-order valence-electron chi connectivity index (χ0n) is 17.3. The van der Waals surface area contributed by atoms with E-state index in [9.17, 15) is 18.0 Å². The number of nitrogens with zero attached hydrogens (tertiary/aromatic N) is 1. The summed E-state index contributed by atoms with van der Waals surface area (Å²) in [4.78, 5) is 12.8. The number of halogens is 3. The quantitative estimate of drug-likeness (QED) is 0.538. The Morgan fingerprint density at radius 1 is 1.03 bits per heavy atom. The molecule has 6 heteroatoms. The molecule has 1 unspecified atom stereocenters. The van der Waals surface area contributed by atoms with Crippen molar-refractivity contribution in [3.05, 3.63) is 88.7 Å². The Bertz CT molecular complexity index is 1020. The minimum atomic E-state index is -4.48. The smallest absolute Gasteiger partial charge is 0.350 e. The van der Waals surface area contributed by atoms with Gasteiger partial charge in [-0.2, -0.15) is 13.2 Å². The zero-order valence-corrected chi connectivity index (χ0v) is 17.3. The Balaban J connectivity index is 1.80. The van der Waals surface area contributed by atoms with Crippen LogP contribution in [0.3, 0.4) is 0 Å². The van der Waals surface area contributed by atoms with Gasteiger partial charge in [0.2, 0.25) is 0 Å². The van der Waals surface area contributed by atoms with Crippen LogP contribution in [0.2, 0.25) is 0 Å². The van der Waals surface area contributed by atoms with Gasteiger partial charge in [0.1, 0.15) is 0 Å². The molecule has 1 aromatic heterocycles. The fourth-order valence-electron chi connectivity index (χ4n) is 3.67. The van der Waals surface area contributed by atoms with E-state index in [1.54, 1.807) is 26.0 Å². The maximum absolute atomic E-state index is 13.5. The van der Waals surface area contributed by atoms with E-state index >= 15 is 0 Å². The van der Waals surface area contributed by atoms with Crippen molar-refractivity contribution in [3.63, 3.8) is 0 Å². The van der Waals surface area contributed by atoms with E-state index in [4.69, 9.17) is 0 Å². The molecule has 1 heterocycles. The van der Waals surface area contributed by atoms with Gasteiger partial charge in [0.15, 0.2) is 0 Å². The van der Waals surface area contributed by atoms with Gasteiger partial charge in [0, 0.05) is 17.4 Å². The molecular weight excluding hydrogens is 389 g/mol. The summed E-state index contributed by atoms with van der Waals surface area (Å²) in [5.41, 5.74) is 1.94. The summed E-state index contributed by atoms with van der Waals surface area (Å²) in [6, 6.07) is 17.0. The second kappa shape index (κ2) is 8.78. The van der Waals surface area contributed by atoms with Crippen molar-refractivity contribution in [2.45, 2.75) is 45.8 Å². The molecule has 2 aromatic carbocycles. The molecule has 0 fully saturated rings. The number of alkyl halides is 3. The van der Waals surface area contributed by atoms with Crippen LogP contribution < -0.4 is 5.32 Å². The molecule has 0 saturated heterocycles. The van der Waals surface area contributed by atoms with E-state index < -0.39 is 11.7 Å². The van der Waals surface area contributed by atoms with E-state index in [-0.39, 0.29) is 17.6 Å². The number of benzene rings is 2. The average molecular weight is 414 g/mol. The summed E-state index contributed by atoms with van der Waals surface area (Å²) in [5.74, 6) is -0.278. The Labute approximate surface area is 174 Å². The Morgan fingerprint density at radius 3 is 2.33 bits per heavy atom. The Hall–Kier alpha value is -3.02. The van der Waals surface area contributed by atoms with Crippen molar-refractivity contribution >= 4 is 5.91 Å². The molecule has 0 aliphatic carbocycles. The third-order valence-corrected chi connectivity index (χ3v) is 5.21. The van der Waals surface area contributed by atoms with Gasteiger partial charge < -0.3 is 9.88 Å². The fraction of sp³-hybridized carbons (Fsp3) is 0.292. The first-order valence-corrected chi connectivity index (χ1v) is 9.89. The third kappa shape index (κ3) is 4.75. The molecule has 30 heavy (non-hydrogen) atoms. The van der Waals surface area contributed by atoms with Gasteiger partial charge in [0.25, 0.3) is 5.91 Å². The van der Waals surface area contributed by atoms with Crippen molar-refractivity contribution in [1.29, 1.82) is 0 Å². The molecule has 0 radical (unpaired) electrons. The summed E-state index contributed by atoms with van der Waals surface area (Å²) >= 11 is 0. The highest BCUT2D eigenvalue weighted by Crippen LogP contribution is 2.35. The normalized spacial score (nSPS) is 12.6. The highest BCUT2D eigenvalue weighted by molar-refractivity contribution is 5.96. The van der Waals surface area contributed by atoms with Crippen LogP contribution in [0, 0.1) is 13.8 Å². The highest BCUT2D eigenvalue weighted by Gasteiger charge is 2.34. The predicted octanol–water partition coefficient (Wildman–Crippen LogP) is 5.86. The number of aryl methyl sites for hydroxylation is 2. The molecule has 0 saturated carbocycles. The van der Waals surface area contributed by atoms with E-state index in [1.165, 1.54) is 22.3 Å². The van der Waals surface area contributed by atoms with Crippen LogP contribution in [-0.2, 0) is 12.6 Å². The molecule has 3 rings (SSSR count). The number of nitrogens with one attached hydrogen (secondary N) is 1. The molecule has 0 aliphatic rings. The lowest BCUT2D eigenvalue weighted by atomic mass is 10.1. The summed E-state index contributed by atoms with van der Waals surface area (Å²) in [7, 11) is 0. The number of amides is 1. The molecule has 3 nitrogen and oxygen atoms in total. The molecule has 0 spiro atoms. The highest BCUT2D eigenvalue weighted by atomic mass is 19.4. The van der Waals surface area contributed by atoms with Crippen molar-refractivity contribution in [2.75, 3.05) is 0 Å². The average Bonchev–Trinajstić information content (AvgIpc) is 3.00. The molecular formula is C24H25F3N2O. The Kier molecular flexibility index (Phi) is 6.34. The number of hydrogen-bond acceptors (Lipinski definition) is 1. The maximum atomic E-state index is 13.5. The number of para-hydroxylation sites is 1. The van der Waals surface area contributed by atoms with Crippen LogP contribution in [0.15, 0.2) is 60.7 Å². The van der Waals surface area contributed by atoms with Crippen LogP contribution in [-0.4, -0.2) is 16.5 Å². The minimum absolute atomic E-state index is 0.0242. The van der Waals surface area contributed by atoms with Crippen LogP contribution >= 0.6 is 0 Å². The standard InChI is InChI=1S/C24H25F3N2O/c1-16(13-14-19-9-5-4-6-10-19)28-23(30)20-15-17(2)29(18(20)3)22-12-8-7-11-21(22)24(25,26)27/h4-12,15-16H,13-14H2,1-3H3,(H,28,30). The van der Waals surface area contributed by atoms with Crippen LogP contribution in [0.25, 0.3) is 5.69 Å². The first-order chi connectivity index (χ1) is 14.2. The van der Waals surface area contributed by atoms with Gasteiger partial charge in [-0.25, -0.2) is 0 Å². The number of hydrogen-bond donors (Lipinski definition) is 1. The van der Waals surface area contributed by atoms with Crippen LogP contribution in [0.1, 0.15) is 46.2 Å². The van der Waals surface area contributed by atoms with Crippen molar-refractivity contribution in [3.8, 4) is 5.69 Å².